The molecule has 0 unspecified atom stereocenters. The molecule has 0 saturated heterocycles. The van der Waals surface area contributed by atoms with E-state index in [4.69, 9.17) is 25.8 Å². The number of esters is 1. The van der Waals surface area contributed by atoms with Crippen LogP contribution in [0.5, 0.6) is 11.5 Å². The van der Waals surface area contributed by atoms with Gasteiger partial charge in [-0.1, -0.05) is 17.7 Å². The van der Waals surface area contributed by atoms with Crippen LogP contribution < -0.4 is 14.8 Å². The third-order valence-electron chi connectivity index (χ3n) is 3.87. The van der Waals surface area contributed by atoms with Gasteiger partial charge in [0.2, 0.25) is 0 Å². The Kier molecular flexibility index (Phi) is 5.65. The molecule has 28 heavy (non-hydrogen) atoms. The summed E-state index contributed by atoms with van der Waals surface area (Å²) in [5, 5.41) is 14.3. The van der Waals surface area contributed by atoms with Crippen molar-refractivity contribution in [3.63, 3.8) is 0 Å². The van der Waals surface area contributed by atoms with Crippen LogP contribution in [0.25, 0.3) is 0 Å². The molecule has 1 N–H and O–H groups in total. The molecule has 0 atom stereocenters. The second-order valence-corrected chi connectivity index (χ2v) is 6.27. The van der Waals surface area contributed by atoms with Gasteiger partial charge in [-0.2, -0.15) is 0 Å². The van der Waals surface area contributed by atoms with E-state index in [1.54, 1.807) is 18.2 Å². The molecule has 0 spiro atoms. The Morgan fingerprint density at radius 1 is 1.21 bits per heavy atom. The number of nitrogens with zero attached hydrogens (tertiary/aromatic N) is 1. The fourth-order valence-corrected chi connectivity index (χ4v) is 2.65. The van der Waals surface area contributed by atoms with Gasteiger partial charge < -0.3 is 19.5 Å². The van der Waals surface area contributed by atoms with Crippen molar-refractivity contribution in [1.29, 1.82) is 0 Å². The van der Waals surface area contributed by atoms with Gasteiger partial charge >= 0.3 is 5.97 Å². The van der Waals surface area contributed by atoms with Crippen molar-refractivity contribution in [3.05, 3.63) is 56.6 Å². The number of hydrogen-bond acceptors (Lipinski definition) is 7. The van der Waals surface area contributed by atoms with Gasteiger partial charge in [0.15, 0.2) is 18.1 Å². The molecule has 1 amide bonds. The Balaban J connectivity index is 1.69. The van der Waals surface area contributed by atoms with Crippen LogP contribution in [-0.2, 0) is 9.53 Å². The molecule has 0 aliphatic carbocycles. The Labute approximate surface area is 164 Å². The summed E-state index contributed by atoms with van der Waals surface area (Å²) in [4.78, 5) is 34.8. The maximum Gasteiger partial charge on any atom is 0.345 e. The molecular weight excluding hydrogens is 392 g/mol. The molecule has 1 aliphatic rings. The lowest BCUT2D eigenvalue weighted by Crippen LogP contribution is -2.22. The van der Waals surface area contributed by atoms with Crippen molar-refractivity contribution in [2.24, 2.45) is 0 Å². The summed E-state index contributed by atoms with van der Waals surface area (Å²) in [5.74, 6) is -1.28. The van der Waals surface area contributed by atoms with E-state index < -0.39 is 29.1 Å². The number of carbonyl (C=O) groups is 2. The third-order valence-corrected chi connectivity index (χ3v) is 4.27. The van der Waals surface area contributed by atoms with Crippen molar-refractivity contribution in [2.75, 3.05) is 25.1 Å². The average Bonchev–Trinajstić information content (AvgIpc) is 2.68. The van der Waals surface area contributed by atoms with Crippen LogP contribution in [0.2, 0.25) is 5.02 Å². The van der Waals surface area contributed by atoms with Gasteiger partial charge in [0.05, 0.1) is 11.0 Å². The Bertz CT molecular complexity index is 961. The minimum Gasteiger partial charge on any atom is -0.486 e. The first-order valence-corrected chi connectivity index (χ1v) is 8.54. The van der Waals surface area contributed by atoms with Gasteiger partial charge in [0, 0.05) is 16.8 Å². The number of halogens is 1. The molecule has 1 aliphatic heterocycles. The van der Waals surface area contributed by atoms with Crippen LogP contribution in [0.1, 0.15) is 15.9 Å². The van der Waals surface area contributed by atoms with Gasteiger partial charge in [-0.3, -0.25) is 14.9 Å². The predicted octanol–water partition coefficient (Wildman–Crippen LogP) is 3.12. The number of nitro groups is 1. The normalized spacial score (nSPS) is 12.2. The summed E-state index contributed by atoms with van der Waals surface area (Å²) in [6.07, 6.45) is 0. The number of aryl methyl sites for hydroxylation is 1. The number of carbonyl (C=O) groups excluding carboxylic acids is 2. The monoisotopic (exact) mass is 406 g/mol. The SMILES string of the molecule is Cc1ccc(NC(=O)COC(=O)c2cc3c(cc2[N+](=O)[O-])OCCO3)cc1Cl. The van der Waals surface area contributed by atoms with Crippen LogP contribution in [-0.4, -0.2) is 36.6 Å². The molecule has 10 heteroatoms. The third kappa shape index (κ3) is 4.32. The van der Waals surface area contributed by atoms with Gasteiger partial charge in [-0.25, -0.2) is 4.79 Å². The van der Waals surface area contributed by atoms with Crippen LogP contribution in [0.3, 0.4) is 0 Å². The fourth-order valence-electron chi connectivity index (χ4n) is 2.47. The number of anilines is 1. The van der Waals surface area contributed by atoms with E-state index in [2.05, 4.69) is 5.32 Å². The first-order chi connectivity index (χ1) is 13.3. The predicted molar refractivity (Wildman–Crippen MR) is 99.2 cm³/mol. The number of hydrogen-bond donors (Lipinski definition) is 1. The molecular formula is C18H15ClN2O7. The quantitative estimate of drug-likeness (QED) is 0.460. The van der Waals surface area contributed by atoms with E-state index in [0.717, 1.165) is 11.6 Å². The molecule has 146 valence electrons. The summed E-state index contributed by atoms with van der Waals surface area (Å²) in [7, 11) is 0. The lowest BCUT2D eigenvalue weighted by atomic mass is 10.1. The molecule has 2 aromatic carbocycles. The molecule has 3 rings (SSSR count). The summed E-state index contributed by atoms with van der Waals surface area (Å²) >= 11 is 5.99. The molecule has 0 saturated carbocycles. The van der Waals surface area contributed by atoms with Gasteiger partial charge in [-0.05, 0) is 24.6 Å². The molecule has 0 bridgehead atoms. The summed E-state index contributed by atoms with van der Waals surface area (Å²) in [5.41, 5.74) is 0.444. The van der Waals surface area contributed by atoms with E-state index in [9.17, 15) is 19.7 Å². The highest BCUT2D eigenvalue weighted by Crippen LogP contribution is 2.36. The lowest BCUT2D eigenvalue weighted by Gasteiger charge is -2.18. The van der Waals surface area contributed by atoms with Crippen molar-refractivity contribution in [1.82, 2.24) is 0 Å². The van der Waals surface area contributed by atoms with Gasteiger partial charge in [-0.15, -0.1) is 0 Å². The Morgan fingerprint density at radius 3 is 2.54 bits per heavy atom. The van der Waals surface area contributed by atoms with E-state index >= 15 is 0 Å². The summed E-state index contributed by atoms with van der Waals surface area (Å²) < 4.78 is 15.5. The zero-order valence-corrected chi connectivity index (χ0v) is 15.4. The minimum absolute atomic E-state index is 0.170. The van der Waals surface area contributed by atoms with E-state index in [1.165, 1.54) is 6.07 Å². The van der Waals surface area contributed by atoms with Gasteiger partial charge in [0.1, 0.15) is 18.8 Å². The summed E-state index contributed by atoms with van der Waals surface area (Å²) in [6.45, 7) is 1.68. The van der Waals surface area contributed by atoms with Crippen molar-refractivity contribution >= 4 is 34.9 Å². The smallest absolute Gasteiger partial charge is 0.345 e. The molecule has 0 aromatic heterocycles. The summed E-state index contributed by atoms with van der Waals surface area (Å²) in [6, 6.07) is 7.20. The number of amides is 1. The highest BCUT2D eigenvalue weighted by Gasteiger charge is 2.27. The number of benzene rings is 2. The van der Waals surface area contributed by atoms with Crippen LogP contribution in [0.15, 0.2) is 30.3 Å². The minimum atomic E-state index is -1.03. The molecule has 1 heterocycles. The van der Waals surface area contributed by atoms with Crippen LogP contribution >= 0.6 is 11.6 Å². The zero-order chi connectivity index (χ0) is 20.3. The number of nitro benzene ring substituents is 1. The molecule has 0 fully saturated rings. The molecule has 0 radical (unpaired) electrons. The molecule has 9 nitrogen and oxygen atoms in total. The standard InChI is InChI=1S/C18H15ClN2O7/c1-10-2-3-11(6-13(10)19)20-17(22)9-28-18(23)12-7-15-16(27-5-4-26-15)8-14(12)21(24)25/h2-3,6-8H,4-5,9H2,1H3,(H,20,22). The molecule has 2 aromatic rings. The van der Waals surface area contributed by atoms with E-state index in [1.807, 2.05) is 6.92 Å². The van der Waals surface area contributed by atoms with Crippen molar-refractivity contribution in [2.45, 2.75) is 6.92 Å². The van der Waals surface area contributed by atoms with Gasteiger partial charge in [0.25, 0.3) is 11.6 Å². The number of nitrogens with one attached hydrogen (secondary N) is 1. The number of rotatable bonds is 5. The largest absolute Gasteiger partial charge is 0.486 e. The number of ether oxygens (including phenoxy) is 3. The Hall–Kier alpha value is -3.33. The second kappa shape index (κ2) is 8.13. The zero-order valence-electron chi connectivity index (χ0n) is 14.7. The first-order valence-electron chi connectivity index (χ1n) is 8.16. The van der Waals surface area contributed by atoms with Crippen LogP contribution in [0, 0.1) is 17.0 Å². The van der Waals surface area contributed by atoms with Crippen LogP contribution in [0.4, 0.5) is 11.4 Å². The Morgan fingerprint density at radius 2 is 1.89 bits per heavy atom. The lowest BCUT2D eigenvalue weighted by molar-refractivity contribution is -0.385. The van der Waals surface area contributed by atoms with E-state index in [-0.39, 0.29) is 30.3 Å². The maximum atomic E-state index is 12.3. The topological polar surface area (TPSA) is 117 Å². The maximum absolute atomic E-state index is 12.3. The highest BCUT2D eigenvalue weighted by molar-refractivity contribution is 6.31. The van der Waals surface area contributed by atoms with Crippen molar-refractivity contribution in [3.8, 4) is 11.5 Å². The number of fused-ring (bicyclic) bond motifs is 1. The highest BCUT2D eigenvalue weighted by atomic mass is 35.5. The van der Waals surface area contributed by atoms with E-state index in [0.29, 0.717) is 10.7 Å². The van der Waals surface area contributed by atoms with Crippen molar-refractivity contribution < 1.29 is 28.7 Å². The second-order valence-electron chi connectivity index (χ2n) is 5.86. The fraction of sp³-hybridized carbons (Fsp3) is 0.222. The average molecular weight is 407 g/mol. The first kappa shape index (κ1) is 19.4.